The SMILES string of the molecule is C=CCOC(=O)N[C@@H]1CCC[C@@H]1C(=O)O. The van der Waals surface area contributed by atoms with Crippen molar-refractivity contribution in [3.63, 3.8) is 0 Å². The van der Waals surface area contributed by atoms with Crippen LogP contribution in [-0.4, -0.2) is 29.8 Å². The Bertz CT molecular complexity index is 264. The molecule has 15 heavy (non-hydrogen) atoms. The Morgan fingerprint density at radius 2 is 2.27 bits per heavy atom. The van der Waals surface area contributed by atoms with Gasteiger partial charge in [0.15, 0.2) is 0 Å². The zero-order valence-corrected chi connectivity index (χ0v) is 8.44. The zero-order valence-electron chi connectivity index (χ0n) is 8.44. The molecule has 0 aromatic rings. The number of nitrogens with one attached hydrogen (secondary N) is 1. The number of rotatable bonds is 4. The van der Waals surface area contributed by atoms with Gasteiger partial charge in [-0.15, -0.1) is 0 Å². The summed E-state index contributed by atoms with van der Waals surface area (Å²) >= 11 is 0. The van der Waals surface area contributed by atoms with E-state index >= 15 is 0 Å². The van der Waals surface area contributed by atoms with Gasteiger partial charge in [0, 0.05) is 6.04 Å². The van der Waals surface area contributed by atoms with E-state index < -0.39 is 18.0 Å². The number of alkyl carbamates (subject to hydrolysis) is 1. The van der Waals surface area contributed by atoms with E-state index in [1.165, 1.54) is 6.08 Å². The highest BCUT2D eigenvalue weighted by Gasteiger charge is 2.34. The Morgan fingerprint density at radius 3 is 2.87 bits per heavy atom. The van der Waals surface area contributed by atoms with Gasteiger partial charge in [0.2, 0.25) is 0 Å². The average molecular weight is 213 g/mol. The molecule has 0 aliphatic heterocycles. The molecule has 0 radical (unpaired) electrons. The smallest absolute Gasteiger partial charge is 0.407 e. The van der Waals surface area contributed by atoms with E-state index in [2.05, 4.69) is 11.9 Å². The largest absolute Gasteiger partial charge is 0.481 e. The first-order valence-electron chi connectivity index (χ1n) is 4.92. The molecule has 0 aromatic heterocycles. The number of ether oxygens (including phenoxy) is 1. The first kappa shape index (κ1) is 11.6. The van der Waals surface area contributed by atoms with Crippen LogP contribution < -0.4 is 5.32 Å². The van der Waals surface area contributed by atoms with Crippen molar-refractivity contribution in [3.05, 3.63) is 12.7 Å². The molecular formula is C10H15NO4. The molecule has 2 atom stereocenters. The molecule has 0 heterocycles. The van der Waals surface area contributed by atoms with E-state index in [1.54, 1.807) is 0 Å². The summed E-state index contributed by atoms with van der Waals surface area (Å²) in [6, 6.07) is -0.306. The number of carboxylic acids is 1. The summed E-state index contributed by atoms with van der Waals surface area (Å²) in [4.78, 5) is 22.0. The third-order valence-corrected chi connectivity index (χ3v) is 2.47. The molecule has 84 valence electrons. The van der Waals surface area contributed by atoms with E-state index in [4.69, 9.17) is 9.84 Å². The molecule has 1 rings (SSSR count). The minimum absolute atomic E-state index is 0.135. The maximum absolute atomic E-state index is 11.2. The molecule has 2 N–H and O–H groups in total. The summed E-state index contributed by atoms with van der Waals surface area (Å²) < 4.78 is 4.72. The van der Waals surface area contributed by atoms with Gasteiger partial charge in [0.25, 0.3) is 0 Å². The highest BCUT2D eigenvalue weighted by atomic mass is 16.5. The lowest BCUT2D eigenvalue weighted by molar-refractivity contribution is -0.142. The van der Waals surface area contributed by atoms with Crippen LogP contribution >= 0.6 is 0 Å². The Kier molecular flexibility index (Phi) is 4.15. The fraction of sp³-hybridized carbons (Fsp3) is 0.600. The fourth-order valence-electron chi connectivity index (χ4n) is 1.76. The monoisotopic (exact) mass is 213 g/mol. The second-order valence-corrected chi connectivity index (χ2v) is 3.51. The molecule has 1 fully saturated rings. The maximum Gasteiger partial charge on any atom is 0.407 e. The van der Waals surface area contributed by atoms with Crippen molar-refractivity contribution in [2.45, 2.75) is 25.3 Å². The van der Waals surface area contributed by atoms with Crippen LogP contribution in [0.25, 0.3) is 0 Å². The van der Waals surface area contributed by atoms with Gasteiger partial charge in [0.05, 0.1) is 5.92 Å². The number of carbonyl (C=O) groups is 2. The molecule has 0 aromatic carbocycles. The standard InChI is InChI=1S/C10H15NO4/c1-2-6-15-10(14)11-8-5-3-4-7(8)9(12)13/h2,7-8H,1,3-6H2,(H,11,14)(H,12,13)/t7-,8+/m0/s1. The summed E-state index contributed by atoms with van der Waals surface area (Å²) in [5.41, 5.74) is 0. The third kappa shape index (κ3) is 3.27. The minimum Gasteiger partial charge on any atom is -0.481 e. The van der Waals surface area contributed by atoms with Gasteiger partial charge >= 0.3 is 12.1 Å². The van der Waals surface area contributed by atoms with Gasteiger partial charge < -0.3 is 15.2 Å². The second kappa shape index (κ2) is 5.38. The van der Waals surface area contributed by atoms with Crippen molar-refractivity contribution in [2.24, 2.45) is 5.92 Å². The van der Waals surface area contributed by atoms with E-state index in [0.717, 1.165) is 6.42 Å². The highest BCUT2D eigenvalue weighted by Crippen LogP contribution is 2.25. The molecule has 5 nitrogen and oxygen atoms in total. The molecule has 5 heteroatoms. The van der Waals surface area contributed by atoms with Crippen LogP contribution in [0.5, 0.6) is 0 Å². The molecular weight excluding hydrogens is 198 g/mol. The fourth-order valence-corrected chi connectivity index (χ4v) is 1.76. The van der Waals surface area contributed by atoms with Crippen molar-refractivity contribution in [1.82, 2.24) is 5.32 Å². The van der Waals surface area contributed by atoms with E-state index in [-0.39, 0.29) is 12.6 Å². The maximum atomic E-state index is 11.2. The number of carboxylic acid groups (broad SMARTS) is 1. The topological polar surface area (TPSA) is 75.6 Å². The van der Waals surface area contributed by atoms with Crippen molar-refractivity contribution in [1.29, 1.82) is 0 Å². The Hall–Kier alpha value is -1.52. The van der Waals surface area contributed by atoms with E-state index in [9.17, 15) is 9.59 Å². The van der Waals surface area contributed by atoms with Crippen LogP contribution in [-0.2, 0) is 9.53 Å². The van der Waals surface area contributed by atoms with Gasteiger partial charge in [-0.2, -0.15) is 0 Å². The lowest BCUT2D eigenvalue weighted by Crippen LogP contribution is -2.40. The molecule has 1 saturated carbocycles. The van der Waals surface area contributed by atoms with Gasteiger partial charge in [-0.25, -0.2) is 4.79 Å². The van der Waals surface area contributed by atoms with Crippen LogP contribution in [0.2, 0.25) is 0 Å². The van der Waals surface area contributed by atoms with E-state index in [1.807, 2.05) is 0 Å². The summed E-state index contributed by atoms with van der Waals surface area (Å²) in [7, 11) is 0. The Morgan fingerprint density at radius 1 is 1.53 bits per heavy atom. The summed E-state index contributed by atoms with van der Waals surface area (Å²) in [5, 5.41) is 11.4. The average Bonchev–Trinajstić information content (AvgIpc) is 2.62. The van der Waals surface area contributed by atoms with Gasteiger partial charge in [-0.1, -0.05) is 19.1 Å². The normalized spacial score (nSPS) is 24.5. The summed E-state index contributed by atoms with van der Waals surface area (Å²) in [6.07, 6.45) is 3.02. The molecule has 1 aliphatic carbocycles. The van der Waals surface area contributed by atoms with Gasteiger partial charge in [-0.05, 0) is 12.8 Å². The molecule has 1 amide bonds. The molecule has 0 spiro atoms. The molecule has 0 bridgehead atoms. The number of hydrogen-bond donors (Lipinski definition) is 2. The molecule has 0 unspecified atom stereocenters. The van der Waals surface area contributed by atoms with Crippen LogP contribution in [0.1, 0.15) is 19.3 Å². The number of carbonyl (C=O) groups excluding carboxylic acids is 1. The van der Waals surface area contributed by atoms with Crippen LogP contribution in [0, 0.1) is 5.92 Å². The van der Waals surface area contributed by atoms with Crippen LogP contribution in [0.15, 0.2) is 12.7 Å². The third-order valence-electron chi connectivity index (χ3n) is 2.47. The second-order valence-electron chi connectivity index (χ2n) is 3.51. The summed E-state index contributed by atoms with van der Waals surface area (Å²) in [5.74, 6) is -1.34. The number of hydrogen-bond acceptors (Lipinski definition) is 3. The summed E-state index contributed by atoms with van der Waals surface area (Å²) in [6.45, 7) is 3.54. The van der Waals surface area contributed by atoms with Crippen molar-refractivity contribution in [2.75, 3.05) is 6.61 Å². The van der Waals surface area contributed by atoms with Crippen molar-refractivity contribution in [3.8, 4) is 0 Å². The van der Waals surface area contributed by atoms with Crippen molar-refractivity contribution >= 4 is 12.1 Å². The minimum atomic E-state index is -0.860. The lowest BCUT2D eigenvalue weighted by Gasteiger charge is -2.16. The number of aliphatic carboxylic acids is 1. The zero-order chi connectivity index (χ0) is 11.3. The van der Waals surface area contributed by atoms with Gasteiger partial charge in [-0.3, -0.25) is 4.79 Å². The first-order valence-corrected chi connectivity index (χ1v) is 4.92. The Balaban J connectivity index is 2.39. The first-order chi connectivity index (χ1) is 7.15. The predicted molar refractivity (Wildman–Crippen MR) is 53.4 cm³/mol. The molecule has 0 saturated heterocycles. The van der Waals surface area contributed by atoms with Crippen LogP contribution in [0.4, 0.5) is 4.79 Å². The number of amides is 1. The Labute approximate surface area is 88.1 Å². The highest BCUT2D eigenvalue weighted by molar-refractivity contribution is 5.74. The lowest BCUT2D eigenvalue weighted by atomic mass is 10.0. The molecule has 1 aliphatic rings. The van der Waals surface area contributed by atoms with Crippen molar-refractivity contribution < 1.29 is 19.4 Å². The van der Waals surface area contributed by atoms with Crippen LogP contribution in [0.3, 0.4) is 0 Å². The van der Waals surface area contributed by atoms with E-state index in [0.29, 0.717) is 12.8 Å². The predicted octanol–water partition coefficient (Wildman–Crippen LogP) is 1.15. The quantitative estimate of drug-likeness (QED) is 0.687. The van der Waals surface area contributed by atoms with Gasteiger partial charge in [0.1, 0.15) is 6.61 Å².